The molecule has 0 bridgehead atoms. The fourth-order valence-electron chi connectivity index (χ4n) is 2.76. The molecular formula is C18H24ClNO6. The lowest BCUT2D eigenvalue weighted by Gasteiger charge is -2.15. The molecule has 1 aliphatic rings. The van der Waals surface area contributed by atoms with Gasteiger partial charge in [-0.3, -0.25) is 9.59 Å². The Hall–Kier alpha value is -1.99. The normalized spacial score (nSPS) is 12.7. The number of halogens is 1. The molecule has 8 heteroatoms. The van der Waals surface area contributed by atoms with Crippen molar-refractivity contribution in [3.63, 3.8) is 0 Å². The number of carbonyl (C=O) groups is 2. The van der Waals surface area contributed by atoms with Crippen LogP contribution in [0.2, 0.25) is 5.02 Å². The van der Waals surface area contributed by atoms with Crippen molar-refractivity contribution in [1.29, 1.82) is 0 Å². The minimum absolute atomic E-state index is 0.0214. The van der Waals surface area contributed by atoms with Crippen LogP contribution in [0.4, 0.5) is 0 Å². The Balaban J connectivity index is 2.08. The lowest BCUT2D eigenvalue weighted by Crippen LogP contribution is -2.25. The number of ether oxygens (including phenoxy) is 3. The summed E-state index contributed by atoms with van der Waals surface area (Å²) in [5.74, 6) is 0.401. The number of hydrogen-bond acceptors (Lipinski definition) is 6. The zero-order valence-corrected chi connectivity index (χ0v) is 15.8. The van der Waals surface area contributed by atoms with Gasteiger partial charge in [0.2, 0.25) is 5.91 Å². The van der Waals surface area contributed by atoms with Gasteiger partial charge in [-0.25, -0.2) is 0 Å². The minimum Gasteiger partial charge on any atom is -0.493 e. The average Bonchev–Trinajstić information content (AvgIpc) is 3.06. The van der Waals surface area contributed by atoms with Gasteiger partial charge in [-0.1, -0.05) is 11.6 Å². The number of aliphatic hydroxyl groups is 1. The summed E-state index contributed by atoms with van der Waals surface area (Å²) in [5, 5.41) is 9.31. The summed E-state index contributed by atoms with van der Waals surface area (Å²) < 4.78 is 15.8. The van der Waals surface area contributed by atoms with E-state index in [0.29, 0.717) is 49.2 Å². The number of benzene rings is 1. The molecule has 0 unspecified atom stereocenters. The summed E-state index contributed by atoms with van der Waals surface area (Å²) in [6, 6.07) is 1.81. The van der Waals surface area contributed by atoms with Crippen molar-refractivity contribution in [2.75, 3.05) is 26.9 Å². The average molecular weight is 386 g/mol. The molecule has 144 valence electrons. The topological polar surface area (TPSA) is 85.3 Å². The lowest BCUT2D eigenvalue weighted by molar-refractivity contribution is -0.145. The lowest BCUT2D eigenvalue weighted by atomic mass is 10.1. The van der Waals surface area contributed by atoms with E-state index in [9.17, 15) is 9.59 Å². The number of amides is 1. The first-order valence-electron chi connectivity index (χ1n) is 8.57. The molecule has 7 nitrogen and oxygen atoms in total. The number of nitrogens with zero attached hydrogens (tertiary/aromatic N) is 1. The Kier molecular flexibility index (Phi) is 7.53. The molecule has 0 aromatic heterocycles. The van der Waals surface area contributed by atoms with E-state index in [0.717, 1.165) is 11.1 Å². The number of rotatable bonds is 9. The molecule has 0 saturated carbocycles. The molecule has 0 spiro atoms. The van der Waals surface area contributed by atoms with Crippen molar-refractivity contribution in [1.82, 2.24) is 4.90 Å². The molecular weight excluding hydrogens is 362 g/mol. The number of aliphatic hydroxyl groups excluding tert-OH is 1. The molecule has 1 aromatic rings. The third-order valence-electron chi connectivity index (χ3n) is 4.06. The fraction of sp³-hybridized carbons (Fsp3) is 0.556. The largest absolute Gasteiger partial charge is 0.493 e. The number of fused-ring (bicyclic) bond motifs is 1. The number of carbonyl (C=O) groups excluding carboxylic acids is 2. The summed E-state index contributed by atoms with van der Waals surface area (Å²) >= 11 is 6.48. The van der Waals surface area contributed by atoms with Gasteiger partial charge >= 0.3 is 5.97 Å². The maximum absolute atomic E-state index is 12.4. The number of esters is 1. The molecule has 2 rings (SSSR count). The second kappa shape index (κ2) is 9.64. The highest BCUT2D eigenvalue weighted by Crippen LogP contribution is 2.43. The Morgan fingerprint density at radius 3 is 2.73 bits per heavy atom. The third kappa shape index (κ3) is 4.80. The SMILES string of the molecule is CCOC(=O)CCC(=O)N1Cc2cc(OC)c(OCCCO)c(Cl)c2C1. The van der Waals surface area contributed by atoms with Gasteiger partial charge in [0.05, 0.1) is 31.8 Å². The Morgan fingerprint density at radius 1 is 1.31 bits per heavy atom. The summed E-state index contributed by atoms with van der Waals surface area (Å²) in [6.45, 7) is 3.13. The second-order valence-corrected chi connectivity index (χ2v) is 6.22. The maximum Gasteiger partial charge on any atom is 0.306 e. The zero-order chi connectivity index (χ0) is 19.1. The maximum atomic E-state index is 12.4. The molecule has 0 aliphatic carbocycles. The molecule has 1 amide bonds. The monoisotopic (exact) mass is 385 g/mol. The van der Waals surface area contributed by atoms with Crippen LogP contribution in [0.1, 0.15) is 37.3 Å². The molecule has 1 aromatic carbocycles. The van der Waals surface area contributed by atoms with Gasteiger partial charge in [0, 0.05) is 32.5 Å². The van der Waals surface area contributed by atoms with Crippen LogP contribution in [0.15, 0.2) is 6.07 Å². The highest BCUT2D eigenvalue weighted by atomic mass is 35.5. The number of methoxy groups -OCH3 is 1. The Labute approximate surface area is 157 Å². The predicted octanol–water partition coefficient (Wildman–Crippen LogP) is 2.30. The van der Waals surface area contributed by atoms with E-state index in [2.05, 4.69) is 0 Å². The summed E-state index contributed by atoms with van der Waals surface area (Å²) in [7, 11) is 1.52. The summed E-state index contributed by atoms with van der Waals surface area (Å²) in [6.07, 6.45) is 0.641. The van der Waals surface area contributed by atoms with Gasteiger partial charge in [0.25, 0.3) is 0 Å². The van der Waals surface area contributed by atoms with Gasteiger partial charge in [0.15, 0.2) is 11.5 Å². The van der Waals surface area contributed by atoms with Crippen LogP contribution in [0.3, 0.4) is 0 Å². The van der Waals surface area contributed by atoms with Crippen molar-refractivity contribution in [2.45, 2.75) is 39.3 Å². The number of hydrogen-bond donors (Lipinski definition) is 1. The zero-order valence-electron chi connectivity index (χ0n) is 15.0. The van der Waals surface area contributed by atoms with E-state index in [1.54, 1.807) is 11.8 Å². The van der Waals surface area contributed by atoms with Crippen molar-refractivity contribution in [3.05, 3.63) is 22.2 Å². The third-order valence-corrected chi connectivity index (χ3v) is 4.46. The summed E-state index contributed by atoms with van der Waals surface area (Å²) in [5.41, 5.74) is 1.71. The summed E-state index contributed by atoms with van der Waals surface area (Å²) in [4.78, 5) is 25.4. The highest BCUT2D eigenvalue weighted by Gasteiger charge is 2.29. The van der Waals surface area contributed by atoms with Gasteiger partial charge in [-0.2, -0.15) is 0 Å². The van der Waals surface area contributed by atoms with Crippen molar-refractivity contribution < 1.29 is 28.9 Å². The van der Waals surface area contributed by atoms with E-state index in [-0.39, 0.29) is 31.3 Å². The van der Waals surface area contributed by atoms with E-state index >= 15 is 0 Å². The van der Waals surface area contributed by atoms with Gasteiger partial charge in [0.1, 0.15) is 0 Å². The fourth-order valence-corrected chi connectivity index (χ4v) is 3.09. The van der Waals surface area contributed by atoms with Crippen LogP contribution < -0.4 is 9.47 Å². The van der Waals surface area contributed by atoms with Gasteiger partial charge in [-0.15, -0.1) is 0 Å². The van der Waals surface area contributed by atoms with Crippen LogP contribution in [0.25, 0.3) is 0 Å². The molecule has 0 atom stereocenters. The molecule has 1 heterocycles. The van der Waals surface area contributed by atoms with Crippen molar-refractivity contribution in [2.24, 2.45) is 0 Å². The van der Waals surface area contributed by atoms with Crippen molar-refractivity contribution in [3.8, 4) is 11.5 Å². The molecule has 0 saturated heterocycles. The smallest absolute Gasteiger partial charge is 0.306 e. The van der Waals surface area contributed by atoms with E-state index < -0.39 is 0 Å². The first kappa shape index (κ1) is 20.3. The quantitative estimate of drug-likeness (QED) is 0.518. The second-order valence-electron chi connectivity index (χ2n) is 5.84. The van der Waals surface area contributed by atoms with Crippen LogP contribution >= 0.6 is 11.6 Å². The predicted molar refractivity (Wildman–Crippen MR) is 95.3 cm³/mol. The van der Waals surface area contributed by atoms with Gasteiger partial charge < -0.3 is 24.2 Å². The van der Waals surface area contributed by atoms with Crippen LogP contribution in [0.5, 0.6) is 11.5 Å². The van der Waals surface area contributed by atoms with Crippen molar-refractivity contribution >= 4 is 23.5 Å². The van der Waals surface area contributed by atoms with Crippen LogP contribution in [-0.4, -0.2) is 48.8 Å². The molecule has 26 heavy (non-hydrogen) atoms. The first-order valence-corrected chi connectivity index (χ1v) is 8.94. The highest BCUT2D eigenvalue weighted by molar-refractivity contribution is 6.33. The standard InChI is InChI=1S/C18H24ClNO6/c1-3-25-16(23)6-5-15(22)20-10-12-9-14(24-2)18(26-8-4-7-21)17(19)13(12)11-20/h9,21H,3-8,10-11H2,1-2H3. The van der Waals surface area contributed by atoms with Crippen LogP contribution in [-0.2, 0) is 27.4 Å². The van der Waals surface area contributed by atoms with E-state index in [1.165, 1.54) is 7.11 Å². The molecule has 0 fully saturated rings. The minimum atomic E-state index is -0.378. The molecule has 1 aliphatic heterocycles. The first-order chi connectivity index (χ1) is 12.5. The van der Waals surface area contributed by atoms with Gasteiger partial charge in [-0.05, 0) is 24.1 Å². The molecule has 1 N–H and O–H groups in total. The van der Waals surface area contributed by atoms with E-state index in [1.807, 2.05) is 6.07 Å². The Morgan fingerprint density at radius 2 is 2.08 bits per heavy atom. The van der Waals surface area contributed by atoms with Crippen LogP contribution in [0, 0.1) is 0 Å². The molecule has 0 radical (unpaired) electrons. The Bertz CT molecular complexity index is 664. The van der Waals surface area contributed by atoms with E-state index in [4.69, 9.17) is 30.9 Å².